The van der Waals surface area contributed by atoms with Gasteiger partial charge in [-0.2, -0.15) is 5.10 Å². The van der Waals surface area contributed by atoms with Gasteiger partial charge in [-0.3, -0.25) is 4.79 Å². The van der Waals surface area contributed by atoms with E-state index in [0.717, 1.165) is 22.4 Å². The SMILES string of the molecule is CC1CC(c2ccc3nc(-c4cncnc4)oc3c2)=NNC1=O. The minimum atomic E-state index is -0.0926. The molecule has 2 aromatic heterocycles. The highest BCUT2D eigenvalue weighted by Gasteiger charge is 2.22. The predicted molar refractivity (Wildman–Crippen MR) is 83.5 cm³/mol. The molecule has 1 amide bonds. The van der Waals surface area contributed by atoms with Crippen molar-refractivity contribution in [3.05, 3.63) is 42.5 Å². The van der Waals surface area contributed by atoms with Gasteiger partial charge < -0.3 is 4.42 Å². The second-order valence-electron chi connectivity index (χ2n) is 5.47. The van der Waals surface area contributed by atoms with E-state index in [4.69, 9.17) is 4.42 Å². The number of hydrogen-bond donors (Lipinski definition) is 1. The summed E-state index contributed by atoms with van der Waals surface area (Å²) in [5.74, 6) is 0.329. The van der Waals surface area contributed by atoms with Crippen LogP contribution in [0.3, 0.4) is 0 Å². The summed E-state index contributed by atoms with van der Waals surface area (Å²) in [7, 11) is 0. The predicted octanol–water partition coefficient (Wildman–Crippen LogP) is 2.14. The topological polar surface area (TPSA) is 93.3 Å². The summed E-state index contributed by atoms with van der Waals surface area (Å²) >= 11 is 0. The highest BCUT2D eigenvalue weighted by molar-refractivity contribution is 6.06. The summed E-state index contributed by atoms with van der Waals surface area (Å²) < 4.78 is 5.80. The third-order valence-corrected chi connectivity index (χ3v) is 3.78. The first-order valence-corrected chi connectivity index (χ1v) is 7.23. The Labute approximate surface area is 131 Å². The Bertz CT molecular complexity index is 917. The van der Waals surface area contributed by atoms with E-state index in [2.05, 4.69) is 25.5 Å². The molecule has 0 saturated carbocycles. The van der Waals surface area contributed by atoms with Crippen LogP contribution in [-0.2, 0) is 4.79 Å². The molecular formula is C16H13N5O2. The molecule has 7 heteroatoms. The van der Waals surface area contributed by atoms with Gasteiger partial charge in [-0.1, -0.05) is 13.0 Å². The summed E-state index contributed by atoms with van der Waals surface area (Å²) in [6.07, 6.45) is 5.37. The number of rotatable bonds is 2. The number of benzene rings is 1. The fourth-order valence-corrected chi connectivity index (χ4v) is 2.48. The molecule has 1 aliphatic heterocycles. The molecule has 1 N–H and O–H groups in total. The van der Waals surface area contributed by atoms with Crippen molar-refractivity contribution >= 4 is 22.7 Å². The Morgan fingerprint density at radius 3 is 2.83 bits per heavy atom. The molecule has 0 radical (unpaired) electrons. The number of carbonyl (C=O) groups is 1. The molecule has 1 atom stereocenters. The van der Waals surface area contributed by atoms with E-state index >= 15 is 0 Å². The molecule has 1 aliphatic rings. The third kappa shape index (κ3) is 2.46. The van der Waals surface area contributed by atoms with Crippen LogP contribution < -0.4 is 5.43 Å². The van der Waals surface area contributed by atoms with Gasteiger partial charge in [-0.05, 0) is 12.1 Å². The number of nitrogens with one attached hydrogen (secondary N) is 1. The molecule has 0 spiro atoms. The van der Waals surface area contributed by atoms with Crippen LogP contribution in [0.25, 0.3) is 22.6 Å². The number of hydrogen-bond acceptors (Lipinski definition) is 6. The van der Waals surface area contributed by atoms with Gasteiger partial charge in [-0.15, -0.1) is 0 Å². The first-order chi connectivity index (χ1) is 11.2. The monoisotopic (exact) mass is 307 g/mol. The highest BCUT2D eigenvalue weighted by atomic mass is 16.3. The number of aromatic nitrogens is 3. The van der Waals surface area contributed by atoms with Gasteiger partial charge in [0.25, 0.3) is 0 Å². The number of oxazole rings is 1. The molecule has 3 aromatic rings. The molecule has 114 valence electrons. The third-order valence-electron chi connectivity index (χ3n) is 3.78. The van der Waals surface area contributed by atoms with E-state index in [9.17, 15) is 4.79 Å². The molecule has 7 nitrogen and oxygen atoms in total. The van der Waals surface area contributed by atoms with Crippen LogP contribution in [-0.4, -0.2) is 26.6 Å². The maximum atomic E-state index is 11.5. The van der Waals surface area contributed by atoms with E-state index in [0.29, 0.717) is 17.9 Å². The minimum Gasteiger partial charge on any atom is -0.436 e. The largest absolute Gasteiger partial charge is 0.436 e. The van der Waals surface area contributed by atoms with Gasteiger partial charge in [0, 0.05) is 30.3 Å². The molecule has 0 fully saturated rings. The smallest absolute Gasteiger partial charge is 0.243 e. The lowest BCUT2D eigenvalue weighted by molar-refractivity contribution is -0.124. The molecule has 1 unspecified atom stereocenters. The fraction of sp³-hybridized carbons (Fsp3) is 0.188. The van der Waals surface area contributed by atoms with Crippen LogP contribution in [0.5, 0.6) is 0 Å². The van der Waals surface area contributed by atoms with Gasteiger partial charge in [0.05, 0.1) is 11.3 Å². The normalized spacial score (nSPS) is 17.9. The average molecular weight is 307 g/mol. The molecule has 0 aliphatic carbocycles. The second-order valence-corrected chi connectivity index (χ2v) is 5.47. The Morgan fingerprint density at radius 2 is 2.04 bits per heavy atom. The lowest BCUT2D eigenvalue weighted by Crippen LogP contribution is -2.33. The van der Waals surface area contributed by atoms with Crippen molar-refractivity contribution < 1.29 is 9.21 Å². The van der Waals surface area contributed by atoms with Crippen molar-refractivity contribution in [1.29, 1.82) is 0 Å². The molecule has 0 bridgehead atoms. The van der Waals surface area contributed by atoms with Gasteiger partial charge >= 0.3 is 0 Å². The van der Waals surface area contributed by atoms with Crippen molar-refractivity contribution in [2.75, 3.05) is 0 Å². The summed E-state index contributed by atoms with van der Waals surface area (Å²) in [6.45, 7) is 1.88. The molecule has 4 rings (SSSR count). The van der Waals surface area contributed by atoms with Crippen LogP contribution >= 0.6 is 0 Å². The minimum absolute atomic E-state index is 0.0548. The Balaban J connectivity index is 1.73. The summed E-state index contributed by atoms with van der Waals surface area (Å²) in [5.41, 5.74) is 6.43. The van der Waals surface area contributed by atoms with Crippen LogP contribution in [0.1, 0.15) is 18.9 Å². The fourth-order valence-electron chi connectivity index (χ4n) is 2.48. The van der Waals surface area contributed by atoms with Crippen LogP contribution in [0.4, 0.5) is 0 Å². The zero-order valence-corrected chi connectivity index (χ0v) is 12.4. The summed E-state index contributed by atoms with van der Waals surface area (Å²) in [6, 6.07) is 5.70. The quantitative estimate of drug-likeness (QED) is 0.783. The number of amides is 1. The summed E-state index contributed by atoms with van der Waals surface area (Å²) in [5, 5.41) is 4.14. The molecule has 23 heavy (non-hydrogen) atoms. The average Bonchev–Trinajstić information content (AvgIpc) is 3.01. The molecule has 1 aromatic carbocycles. The Morgan fingerprint density at radius 1 is 1.22 bits per heavy atom. The maximum Gasteiger partial charge on any atom is 0.243 e. The first kappa shape index (κ1) is 13.6. The van der Waals surface area contributed by atoms with E-state index in [1.807, 2.05) is 25.1 Å². The maximum absolute atomic E-state index is 11.5. The summed E-state index contributed by atoms with van der Waals surface area (Å²) in [4.78, 5) is 23.9. The van der Waals surface area contributed by atoms with Crippen molar-refractivity contribution in [2.24, 2.45) is 11.0 Å². The van der Waals surface area contributed by atoms with Crippen molar-refractivity contribution in [3.63, 3.8) is 0 Å². The molecular weight excluding hydrogens is 294 g/mol. The van der Waals surface area contributed by atoms with Crippen molar-refractivity contribution in [2.45, 2.75) is 13.3 Å². The second kappa shape index (κ2) is 5.28. The standard InChI is InChI=1S/C16H13N5O2/c1-9-4-13(20-21-15(9)22)10-2-3-12-14(5-10)23-16(19-12)11-6-17-8-18-7-11/h2-3,5-9H,4H2,1H3,(H,21,22). The van der Waals surface area contributed by atoms with E-state index in [1.165, 1.54) is 6.33 Å². The van der Waals surface area contributed by atoms with Crippen LogP contribution in [0, 0.1) is 5.92 Å². The van der Waals surface area contributed by atoms with Crippen molar-refractivity contribution in [3.8, 4) is 11.5 Å². The lowest BCUT2D eigenvalue weighted by atomic mass is 9.97. The highest BCUT2D eigenvalue weighted by Crippen LogP contribution is 2.25. The van der Waals surface area contributed by atoms with E-state index in [1.54, 1.807) is 12.4 Å². The van der Waals surface area contributed by atoms with Gasteiger partial charge in [0.2, 0.25) is 11.8 Å². The van der Waals surface area contributed by atoms with E-state index < -0.39 is 0 Å². The Kier molecular flexibility index (Phi) is 3.11. The van der Waals surface area contributed by atoms with Crippen LogP contribution in [0.2, 0.25) is 0 Å². The zero-order valence-electron chi connectivity index (χ0n) is 12.4. The van der Waals surface area contributed by atoms with Gasteiger partial charge in [-0.25, -0.2) is 20.4 Å². The van der Waals surface area contributed by atoms with Gasteiger partial charge in [0.15, 0.2) is 5.58 Å². The number of hydrazone groups is 1. The lowest BCUT2D eigenvalue weighted by Gasteiger charge is -2.17. The zero-order chi connectivity index (χ0) is 15.8. The number of nitrogens with zero attached hydrogens (tertiary/aromatic N) is 4. The molecule has 3 heterocycles. The molecule has 0 saturated heterocycles. The Hall–Kier alpha value is -3.09. The number of carbonyl (C=O) groups excluding carboxylic acids is 1. The van der Waals surface area contributed by atoms with Crippen molar-refractivity contribution in [1.82, 2.24) is 20.4 Å². The van der Waals surface area contributed by atoms with Gasteiger partial charge in [0.1, 0.15) is 11.8 Å². The number of fused-ring (bicyclic) bond motifs is 1. The van der Waals surface area contributed by atoms with E-state index in [-0.39, 0.29) is 11.8 Å². The van der Waals surface area contributed by atoms with Crippen LogP contribution in [0.15, 0.2) is 46.4 Å². The first-order valence-electron chi connectivity index (χ1n) is 7.23.